The first-order chi connectivity index (χ1) is 11.0. The molecule has 2 saturated carbocycles. The lowest BCUT2D eigenvalue weighted by Gasteiger charge is -2.28. The van der Waals surface area contributed by atoms with Crippen LogP contribution in [0.2, 0.25) is 5.02 Å². The molecule has 0 heterocycles. The number of amides is 1. The predicted octanol–water partition coefficient (Wildman–Crippen LogP) is 3.13. The van der Waals surface area contributed by atoms with Crippen molar-refractivity contribution in [3.05, 3.63) is 34.9 Å². The molecule has 0 spiro atoms. The molecule has 2 aliphatic carbocycles. The largest absolute Gasteiger partial charge is 0.480 e. The first-order valence-electron chi connectivity index (χ1n) is 8.23. The van der Waals surface area contributed by atoms with Crippen molar-refractivity contribution < 1.29 is 14.7 Å². The second-order valence-corrected chi connectivity index (χ2v) is 7.39. The number of hydrogen-bond acceptors (Lipinski definition) is 2. The molecule has 124 valence electrons. The molecule has 1 aromatic carbocycles. The van der Waals surface area contributed by atoms with Gasteiger partial charge in [0.1, 0.15) is 6.04 Å². The Labute approximate surface area is 141 Å². The lowest BCUT2D eigenvalue weighted by Crippen LogP contribution is -2.47. The Morgan fingerprint density at radius 2 is 2.09 bits per heavy atom. The average molecular weight is 336 g/mol. The zero-order valence-electron chi connectivity index (χ0n) is 13.2. The highest BCUT2D eigenvalue weighted by atomic mass is 35.5. The number of benzene rings is 1. The molecule has 0 radical (unpaired) electrons. The van der Waals surface area contributed by atoms with Crippen LogP contribution in [0.25, 0.3) is 0 Å². The standard InChI is InChI=1S/C18H22ClNO3/c1-10-12-5-6-13(9-12)16(10)17(21)20-15(18(22)23)8-11-3-2-4-14(19)7-11/h2-4,7,10,12-13,15-16H,5-6,8-9H2,1H3,(H,20,21)(H,22,23). The van der Waals surface area contributed by atoms with Gasteiger partial charge in [-0.1, -0.05) is 30.7 Å². The third kappa shape index (κ3) is 3.37. The number of halogens is 1. The van der Waals surface area contributed by atoms with Crippen molar-refractivity contribution in [2.45, 2.75) is 38.6 Å². The Kier molecular flexibility index (Phi) is 4.62. The summed E-state index contributed by atoms with van der Waals surface area (Å²) in [6.45, 7) is 2.13. The zero-order valence-corrected chi connectivity index (χ0v) is 13.9. The second-order valence-electron chi connectivity index (χ2n) is 6.95. The van der Waals surface area contributed by atoms with E-state index in [1.54, 1.807) is 18.2 Å². The van der Waals surface area contributed by atoms with Crippen molar-refractivity contribution in [2.24, 2.45) is 23.7 Å². The summed E-state index contributed by atoms with van der Waals surface area (Å²) in [7, 11) is 0. The van der Waals surface area contributed by atoms with Crippen LogP contribution in [0.15, 0.2) is 24.3 Å². The SMILES string of the molecule is CC1C2CCC(C2)C1C(=O)NC(Cc1cccc(Cl)c1)C(=O)O. The van der Waals surface area contributed by atoms with Gasteiger partial charge < -0.3 is 10.4 Å². The van der Waals surface area contributed by atoms with Gasteiger partial charge in [0.25, 0.3) is 0 Å². The minimum Gasteiger partial charge on any atom is -0.480 e. The molecule has 5 atom stereocenters. The molecule has 5 heteroatoms. The number of aliphatic carboxylic acids is 1. The predicted molar refractivity (Wildman–Crippen MR) is 88.2 cm³/mol. The van der Waals surface area contributed by atoms with Crippen LogP contribution < -0.4 is 5.32 Å². The summed E-state index contributed by atoms with van der Waals surface area (Å²) >= 11 is 5.94. The van der Waals surface area contributed by atoms with Gasteiger partial charge in [-0.2, -0.15) is 0 Å². The molecule has 1 aromatic rings. The summed E-state index contributed by atoms with van der Waals surface area (Å²) in [6.07, 6.45) is 3.67. The lowest BCUT2D eigenvalue weighted by molar-refractivity contribution is -0.143. The molecule has 2 N–H and O–H groups in total. The maximum absolute atomic E-state index is 12.6. The molecule has 0 aromatic heterocycles. The lowest BCUT2D eigenvalue weighted by atomic mass is 9.80. The highest BCUT2D eigenvalue weighted by Crippen LogP contribution is 2.52. The van der Waals surface area contributed by atoms with Gasteiger partial charge in [0.15, 0.2) is 0 Å². The Bertz CT molecular complexity index is 616. The van der Waals surface area contributed by atoms with Crippen LogP contribution in [0.1, 0.15) is 31.7 Å². The molecule has 0 saturated heterocycles. The molecule has 0 aliphatic heterocycles. The van der Waals surface area contributed by atoms with E-state index < -0.39 is 12.0 Å². The van der Waals surface area contributed by atoms with Crippen LogP contribution >= 0.6 is 11.6 Å². The monoisotopic (exact) mass is 335 g/mol. The van der Waals surface area contributed by atoms with Gasteiger partial charge in [-0.05, 0) is 54.7 Å². The van der Waals surface area contributed by atoms with Gasteiger partial charge in [0, 0.05) is 17.4 Å². The van der Waals surface area contributed by atoms with E-state index in [2.05, 4.69) is 12.2 Å². The Morgan fingerprint density at radius 1 is 1.35 bits per heavy atom. The van der Waals surface area contributed by atoms with E-state index in [0.717, 1.165) is 18.4 Å². The molecule has 1 amide bonds. The fraction of sp³-hybridized carbons (Fsp3) is 0.556. The van der Waals surface area contributed by atoms with Crippen LogP contribution in [0.4, 0.5) is 0 Å². The van der Waals surface area contributed by atoms with Crippen molar-refractivity contribution in [1.82, 2.24) is 5.32 Å². The van der Waals surface area contributed by atoms with Gasteiger partial charge in [-0.15, -0.1) is 0 Å². The maximum Gasteiger partial charge on any atom is 0.326 e. The molecular weight excluding hydrogens is 314 g/mol. The molecule has 23 heavy (non-hydrogen) atoms. The molecular formula is C18H22ClNO3. The van der Waals surface area contributed by atoms with Gasteiger partial charge in [-0.3, -0.25) is 4.79 Å². The number of carboxylic acid groups (broad SMARTS) is 1. The van der Waals surface area contributed by atoms with Gasteiger partial charge in [-0.25, -0.2) is 4.79 Å². The van der Waals surface area contributed by atoms with Crippen molar-refractivity contribution in [3.8, 4) is 0 Å². The summed E-state index contributed by atoms with van der Waals surface area (Å²) in [4.78, 5) is 24.1. The fourth-order valence-corrected chi connectivity index (χ4v) is 4.61. The summed E-state index contributed by atoms with van der Waals surface area (Å²) < 4.78 is 0. The fourth-order valence-electron chi connectivity index (χ4n) is 4.40. The summed E-state index contributed by atoms with van der Waals surface area (Å²) in [5, 5.41) is 12.8. The molecule has 2 aliphatic rings. The summed E-state index contributed by atoms with van der Waals surface area (Å²) in [5.74, 6) is 0.278. The van der Waals surface area contributed by atoms with Gasteiger partial charge in [0.2, 0.25) is 5.91 Å². The Hall–Kier alpha value is -1.55. The minimum absolute atomic E-state index is 0.0324. The minimum atomic E-state index is -1.01. The van der Waals surface area contributed by atoms with E-state index in [0.29, 0.717) is 22.8 Å². The van der Waals surface area contributed by atoms with E-state index >= 15 is 0 Å². The van der Waals surface area contributed by atoms with Crippen LogP contribution in [0.3, 0.4) is 0 Å². The topological polar surface area (TPSA) is 66.4 Å². The van der Waals surface area contributed by atoms with Crippen molar-refractivity contribution >= 4 is 23.5 Å². The molecule has 2 fully saturated rings. The summed E-state index contributed by atoms with van der Waals surface area (Å²) in [6, 6.07) is 6.19. The quantitative estimate of drug-likeness (QED) is 0.868. The average Bonchev–Trinajstić information content (AvgIpc) is 3.07. The molecule has 5 unspecified atom stereocenters. The second kappa shape index (κ2) is 6.52. The number of rotatable bonds is 5. The Morgan fingerprint density at radius 3 is 2.70 bits per heavy atom. The molecule has 4 nitrogen and oxygen atoms in total. The molecule has 3 rings (SSSR count). The van der Waals surface area contributed by atoms with Crippen molar-refractivity contribution in [3.63, 3.8) is 0 Å². The first kappa shape index (κ1) is 16.3. The highest BCUT2D eigenvalue weighted by molar-refractivity contribution is 6.30. The van der Waals surface area contributed by atoms with Gasteiger partial charge >= 0.3 is 5.97 Å². The van der Waals surface area contributed by atoms with Crippen molar-refractivity contribution in [2.75, 3.05) is 0 Å². The Balaban J connectivity index is 1.68. The third-order valence-corrected chi connectivity index (χ3v) is 5.81. The summed E-state index contributed by atoms with van der Waals surface area (Å²) in [5.41, 5.74) is 0.811. The number of hydrogen-bond donors (Lipinski definition) is 2. The van der Waals surface area contributed by atoms with Crippen LogP contribution in [-0.4, -0.2) is 23.0 Å². The van der Waals surface area contributed by atoms with E-state index in [1.807, 2.05) is 6.07 Å². The number of carbonyl (C=O) groups excluding carboxylic acids is 1. The van der Waals surface area contributed by atoms with Gasteiger partial charge in [0.05, 0.1) is 0 Å². The van der Waals surface area contributed by atoms with Crippen LogP contribution in [0.5, 0.6) is 0 Å². The van der Waals surface area contributed by atoms with Crippen LogP contribution in [0, 0.1) is 23.7 Å². The van der Waals surface area contributed by atoms with Crippen molar-refractivity contribution in [1.29, 1.82) is 0 Å². The van der Waals surface area contributed by atoms with E-state index in [4.69, 9.17) is 11.6 Å². The number of fused-ring (bicyclic) bond motifs is 2. The van der Waals surface area contributed by atoms with E-state index in [9.17, 15) is 14.7 Å². The smallest absolute Gasteiger partial charge is 0.326 e. The van der Waals surface area contributed by atoms with E-state index in [-0.39, 0.29) is 18.2 Å². The number of nitrogens with one attached hydrogen (secondary N) is 1. The highest BCUT2D eigenvalue weighted by Gasteiger charge is 2.48. The zero-order chi connectivity index (χ0) is 16.6. The first-order valence-corrected chi connectivity index (χ1v) is 8.61. The van der Waals surface area contributed by atoms with E-state index in [1.165, 1.54) is 6.42 Å². The number of carbonyl (C=O) groups is 2. The number of carboxylic acids is 1. The van der Waals surface area contributed by atoms with Crippen LogP contribution in [-0.2, 0) is 16.0 Å². The molecule has 2 bridgehead atoms. The normalized spacial score (nSPS) is 30.2. The maximum atomic E-state index is 12.6. The third-order valence-electron chi connectivity index (χ3n) is 5.58.